The van der Waals surface area contributed by atoms with Crippen LogP contribution in [-0.2, 0) is 9.59 Å². The summed E-state index contributed by atoms with van der Waals surface area (Å²) in [6.07, 6.45) is 5.99. The van der Waals surface area contributed by atoms with Crippen molar-refractivity contribution in [2.45, 2.75) is 32.1 Å². The summed E-state index contributed by atoms with van der Waals surface area (Å²) in [6.45, 7) is 1.28. The molecule has 2 N–H and O–H groups in total. The molecule has 2 aromatic carbocycles. The molecule has 1 heterocycles. The Kier molecular flexibility index (Phi) is 5.28. The maximum Gasteiger partial charge on any atom is 0.243 e. The van der Waals surface area contributed by atoms with Gasteiger partial charge in [0.15, 0.2) is 0 Å². The van der Waals surface area contributed by atoms with E-state index in [1.165, 1.54) is 6.21 Å². The third-order valence-corrected chi connectivity index (χ3v) is 5.95. The Morgan fingerprint density at radius 2 is 1.79 bits per heavy atom. The number of piperidine rings is 1. The summed E-state index contributed by atoms with van der Waals surface area (Å²) in [5, 5.41) is 16.1. The molecule has 1 aliphatic heterocycles. The molecule has 0 aromatic heterocycles. The fourth-order valence-electron chi connectivity index (χ4n) is 3.95. The van der Waals surface area contributed by atoms with Gasteiger partial charge in [-0.3, -0.25) is 9.59 Å². The molecule has 1 saturated carbocycles. The maximum atomic E-state index is 12.4. The van der Waals surface area contributed by atoms with Crippen LogP contribution in [0.25, 0.3) is 10.8 Å². The maximum absolute atomic E-state index is 12.4. The van der Waals surface area contributed by atoms with Crippen LogP contribution in [0.15, 0.2) is 41.5 Å². The lowest BCUT2D eigenvalue weighted by molar-refractivity contribution is -0.141. The number of phenolic OH excluding ortho intramolecular Hbond substituents is 1. The number of aromatic hydroxyl groups is 1. The molecule has 0 bridgehead atoms. The number of nitrogens with zero attached hydrogens (tertiary/aromatic N) is 2. The third-order valence-electron chi connectivity index (χ3n) is 5.95. The summed E-state index contributed by atoms with van der Waals surface area (Å²) in [5.41, 5.74) is 3.18. The van der Waals surface area contributed by atoms with E-state index in [1.54, 1.807) is 6.07 Å². The van der Waals surface area contributed by atoms with Crippen molar-refractivity contribution < 1.29 is 14.7 Å². The third kappa shape index (κ3) is 3.72. The van der Waals surface area contributed by atoms with Crippen molar-refractivity contribution in [3.8, 4) is 5.75 Å². The number of hydrazone groups is 1. The second kappa shape index (κ2) is 8.00. The normalized spacial score (nSPS) is 18.4. The zero-order chi connectivity index (χ0) is 19.5. The zero-order valence-corrected chi connectivity index (χ0v) is 15.8. The number of rotatable bonds is 4. The number of hydrogen-bond acceptors (Lipinski definition) is 4. The van der Waals surface area contributed by atoms with Crippen molar-refractivity contribution in [1.29, 1.82) is 0 Å². The number of carbonyl (C=O) groups excluding carboxylic acids is 2. The fraction of sp³-hybridized carbons (Fsp3) is 0.409. The van der Waals surface area contributed by atoms with E-state index in [1.807, 2.05) is 35.2 Å². The highest BCUT2D eigenvalue weighted by atomic mass is 16.3. The van der Waals surface area contributed by atoms with Crippen LogP contribution in [0.1, 0.15) is 37.7 Å². The number of hydrogen-bond donors (Lipinski definition) is 2. The molecule has 2 fully saturated rings. The molecule has 0 radical (unpaired) electrons. The molecule has 2 aromatic rings. The minimum atomic E-state index is -0.135. The van der Waals surface area contributed by atoms with Crippen LogP contribution in [0.5, 0.6) is 5.75 Å². The minimum absolute atomic E-state index is 0.125. The van der Waals surface area contributed by atoms with Gasteiger partial charge in [-0.15, -0.1) is 0 Å². The van der Waals surface area contributed by atoms with Crippen molar-refractivity contribution in [3.63, 3.8) is 0 Å². The summed E-state index contributed by atoms with van der Waals surface area (Å²) in [6, 6.07) is 11.2. The quantitative estimate of drug-likeness (QED) is 0.633. The Morgan fingerprint density at radius 1 is 1.04 bits per heavy atom. The standard InChI is InChI=1S/C22H25N3O3/c26-20-9-8-15-4-1-2-7-18(15)19(20)14-23-24-21(27)16-10-12-25(13-11-16)22(28)17-5-3-6-17/h1-2,4,7-9,14,16-17,26H,3,5-6,10-13H2,(H,24,27). The fourth-order valence-corrected chi connectivity index (χ4v) is 3.95. The van der Waals surface area contributed by atoms with Gasteiger partial charge in [-0.25, -0.2) is 5.43 Å². The van der Waals surface area contributed by atoms with Gasteiger partial charge >= 0.3 is 0 Å². The number of fused-ring (bicyclic) bond motifs is 1. The molecule has 2 aliphatic rings. The van der Waals surface area contributed by atoms with Gasteiger partial charge in [-0.05, 0) is 42.5 Å². The van der Waals surface area contributed by atoms with Gasteiger partial charge in [0.1, 0.15) is 5.75 Å². The molecule has 28 heavy (non-hydrogen) atoms. The molecule has 0 atom stereocenters. The predicted octanol–water partition coefficient (Wildman–Crippen LogP) is 3.03. The summed E-state index contributed by atoms with van der Waals surface area (Å²) in [5.74, 6) is 0.327. The molecule has 0 unspecified atom stereocenters. The average molecular weight is 379 g/mol. The zero-order valence-electron chi connectivity index (χ0n) is 15.8. The minimum Gasteiger partial charge on any atom is -0.507 e. The summed E-state index contributed by atoms with van der Waals surface area (Å²) >= 11 is 0. The van der Waals surface area contributed by atoms with Gasteiger partial charge in [0.05, 0.1) is 6.21 Å². The number of benzene rings is 2. The van der Waals surface area contributed by atoms with Crippen molar-refractivity contribution in [3.05, 3.63) is 42.0 Å². The number of phenols is 1. The molecular formula is C22H25N3O3. The first-order valence-corrected chi connectivity index (χ1v) is 9.96. The van der Waals surface area contributed by atoms with E-state index in [2.05, 4.69) is 10.5 Å². The number of carbonyl (C=O) groups is 2. The predicted molar refractivity (Wildman–Crippen MR) is 108 cm³/mol. The largest absolute Gasteiger partial charge is 0.507 e. The molecule has 146 valence electrons. The lowest BCUT2D eigenvalue weighted by atomic mass is 9.83. The molecule has 4 rings (SSSR count). The van der Waals surface area contributed by atoms with E-state index in [0.29, 0.717) is 31.5 Å². The van der Waals surface area contributed by atoms with Gasteiger partial charge < -0.3 is 10.0 Å². The first kappa shape index (κ1) is 18.5. The van der Waals surface area contributed by atoms with E-state index >= 15 is 0 Å². The second-order valence-corrected chi connectivity index (χ2v) is 7.68. The van der Waals surface area contributed by atoms with Crippen LogP contribution in [0.2, 0.25) is 0 Å². The van der Waals surface area contributed by atoms with E-state index in [9.17, 15) is 14.7 Å². The van der Waals surface area contributed by atoms with Gasteiger partial charge in [-0.1, -0.05) is 36.8 Å². The van der Waals surface area contributed by atoms with E-state index in [4.69, 9.17) is 0 Å². The number of likely N-dealkylation sites (tertiary alicyclic amines) is 1. The van der Waals surface area contributed by atoms with Crippen molar-refractivity contribution in [2.75, 3.05) is 13.1 Å². The SMILES string of the molecule is O=C(NN=Cc1c(O)ccc2ccccc12)C1CCN(C(=O)C2CCC2)CC1. The average Bonchev–Trinajstić information content (AvgIpc) is 2.68. The van der Waals surface area contributed by atoms with Crippen LogP contribution in [0.4, 0.5) is 0 Å². The first-order valence-electron chi connectivity index (χ1n) is 9.96. The Balaban J connectivity index is 1.34. The molecule has 6 heteroatoms. The van der Waals surface area contributed by atoms with Gasteiger partial charge in [0.25, 0.3) is 0 Å². The van der Waals surface area contributed by atoms with Gasteiger partial charge in [0, 0.05) is 30.5 Å². The molecule has 0 spiro atoms. The highest BCUT2D eigenvalue weighted by molar-refractivity contribution is 6.02. The van der Waals surface area contributed by atoms with Gasteiger partial charge in [0.2, 0.25) is 11.8 Å². The van der Waals surface area contributed by atoms with Crippen LogP contribution < -0.4 is 5.43 Å². The van der Waals surface area contributed by atoms with E-state index in [0.717, 1.165) is 30.0 Å². The Morgan fingerprint density at radius 3 is 2.50 bits per heavy atom. The van der Waals surface area contributed by atoms with Crippen LogP contribution in [0, 0.1) is 11.8 Å². The number of nitrogens with one attached hydrogen (secondary N) is 1. The van der Waals surface area contributed by atoms with E-state index in [-0.39, 0.29) is 29.4 Å². The Labute approximate surface area is 164 Å². The van der Waals surface area contributed by atoms with Crippen LogP contribution in [-0.4, -0.2) is 41.1 Å². The van der Waals surface area contributed by atoms with Crippen molar-refractivity contribution in [2.24, 2.45) is 16.9 Å². The van der Waals surface area contributed by atoms with Crippen LogP contribution in [0.3, 0.4) is 0 Å². The second-order valence-electron chi connectivity index (χ2n) is 7.68. The monoisotopic (exact) mass is 379 g/mol. The first-order chi connectivity index (χ1) is 13.6. The van der Waals surface area contributed by atoms with Crippen molar-refractivity contribution >= 4 is 28.8 Å². The van der Waals surface area contributed by atoms with Crippen LogP contribution >= 0.6 is 0 Å². The van der Waals surface area contributed by atoms with Gasteiger partial charge in [-0.2, -0.15) is 5.10 Å². The Hall–Kier alpha value is -2.89. The molecule has 1 aliphatic carbocycles. The highest BCUT2D eigenvalue weighted by Crippen LogP contribution is 2.30. The highest BCUT2D eigenvalue weighted by Gasteiger charge is 2.33. The lowest BCUT2D eigenvalue weighted by Crippen LogP contribution is -2.45. The number of amides is 2. The Bertz CT molecular complexity index is 912. The smallest absolute Gasteiger partial charge is 0.243 e. The summed E-state index contributed by atoms with van der Waals surface area (Å²) < 4.78 is 0. The summed E-state index contributed by atoms with van der Waals surface area (Å²) in [7, 11) is 0. The topological polar surface area (TPSA) is 82.0 Å². The molecule has 6 nitrogen and oxygen atoms in total. The molecule has 1 saturated heterocycles. The molecule has 2 amide bonds. The summed E-state index contributed by atoms with van der Waals surface area (Å²) in [4.78, 5) is 26.6. The molecular weight excluding hydrogens is 354 g/mol. The lowest BCUT2D eigenvalue weighted by Gasteiger charge is -2.36. The van der Waals surface area contributed by atoms with Crippen molar-refractivity contribution in [1.82, 2.24) is 10.3 Å². The van der Waals surface area contributed by atoms with E-state index < -0.39 is 0 Å².